The fourth-order valence-electron chi connectivity index (χ4n) is 2.11. The molecule has 0 amide bonds. The molecular weight excluding hydrogens is 120 g/mol. The van der Waals surface area contributed by atoms with Crippen molar-refractivity contribution in [3.8, 4) is 0 Å². The van der Waals surface area contributed by atoms with Crippen molar-refractivity contribution in [2.24, 2.45) is 11.8 Å². The van der Waals surface area contributed by atoms with Crippen molar-refractivity contribution in [3.05, 3.63) is 18.6 Å². The maximum absolute atomic E-state index is 3.35. The van der Waals surface area contributed by atoms with E-state index in [1.54, 1.807) is 0 Å². The van der Waals surface area contributed by atoms with Gasteiger partial charge in [-0.2, -0.15) is 0 Å². The van der Waals surface area contributed by atoms with Crippen molar-refractivity contribution in [2.45, 2.75) is 32.1 Å². The molecule has 0 aromatic heterocycles. The van der Waals surface area contributed by atoms with Gasteiger partial charge in [-0.3, -0.25) is 0 Å². The minimum Gasteiger partial charge on any atom is -0.0777 e. The molecule has 2 aliphatic carbocycles. The number of fused-ring (bicyclic) bond motifs is 1. The lowest BCUT2D eigenvalue weighted by Crippen LogP contribution is -2.20. The van der Waals surface area contributed by atoms with E-state index in [1.807, 2.05) is 0 Å². The molecule has 2 radical (unpaired) electrons. The second-order valence-corrected chi connectivity index (χ2v) is 3.44. The van der Waals surface area contributed by atoms with Crippen LogP contribution < -0.4 is 0 Å². The lowest BCUT2D eigenvalue weighted by molar-refractivity contribution is 0.295. The lowest BCUT2D eigenvalue weighted by atomic mass is 9.74. The largest absolute Gasteiger partial charge is 0.0777 e. The van der Waals surface area contributed by atoms with Gasteiger partial charge in [0.25, 0.3) is 0 Å². The summed E-state index contributed by atoms with van der Waals surface area (Å²) in [7, 11) is 0. The van der Waals surface area contributed by atoms with Gasteiger partial charge in [0, 0.05) is 0 Å². The van der Waals surface area contributed by atoms with Crippen molar-refractivity contribution >= 4 is 0 Å². The second kappa shape index (κ2) is 2.77. The predicted molar refractivity (Wildman–Crippen MR) is 42.2 cm³/mol. The average molecular weight is 134 g/mol. The van der Waals surface area contributed by atoms with Crippen LogP contribution >= 0.6 is 0 Å². The van der Waals surface area contributed by atoms with Crippen LogP contribution in [0.3, 0.4) is 0 Å². The summed E-state index contributed by atoms with van der Waals surface area (Å²) in [6.45, 7) is 0. The first-order chi connectivity index (χ1) is 4.97. The Morgan fingerprint density at radius 1 is 1.30 bits per heavy atom. The standard InChI is InChI=1S/C10H14/c1-2-6-10-8-4-3-7-9(10)5-1/h1,8-10H,2-3,5-7H2. The SMILES string of the molecule is [C]1=CC2CC[CH]CC2CC1. The molecule has 0 aromatic rings. The van der Waals surface area contributed by atoms with Gasteiger partial charge in [-0.1, -0.05) is 6.08 Å². The third-order valence-electron chi connectivity index (χ3n) is 2.77. The summed E-state index contributed by atoms with van der Waals surface area (Å²) in [5.74, 6) is 1.87. The summed E-state index contributed by atoms with van der Waals surface area (Å²) in [4.78, 5) is 0. The van der Waals surface area contributed by atoms with Gasteiger partial charge in [0.05, 0.1) is 0 Å². The van der Waals surface area contributed by atoms with Gasteiger partial charge >= 0.3 is 0 Å². The Labute approximate surface area is 63.3 Å². The first kappa shape index (κ1) is 6.45. The smallest absolute Gasteiger partial charge is 0.0199 e. The molecule has 0 aromatic carbocycles. The predicted octanol–water partition coefficient (Wildman–Crippen LogP) is 2.76. The topological polar surface area (TPSA) is 0 Å². The molecule has 0 nitrogen and oxygen atoms in total. The van der Waals surface area contributed by atoms with Crippen LogP contribution in [0.25, 0.3) is 0 Å². The summed E-state index contributed by atoms with van der Waals surface area (Å²) >= 11 is 0. The minimum atomic E-state index is 0.888. The Morgan fingerprint density at radius 3 is 3.20 bits per heavy atom. The Hall–Kier alpha value is -0.260. The molecule has 54 valence electrons. The third-order valence-corrected chi connectivity index (χ3v) is 2.77. The molecule has 0 heteroatoms. The molecular formula is C10H14. The van der Waals surface area contributed by atoms with Crippen molar-refractivity contribution in [3.63, 3.8) is 0 Å². The normalized spacial score (nSPS) is 39.2. The van der Waals surface area contributed by atoms with Crippen LogP contribution in [0.2, 0.25) is 0 Å². The molecule has 10 heavy (non-hydrogen) atoms. The van der Waals surface area contributed by atoms with Crippen LogP contribution in [0.5, 0.6) is 0 Å². The van der Waals surface area contributed by atoms with Gasteiger partial charge < -0.3 is 0 Å². The van der Waals surface area contributed by atoms with Gasteiger partial charge in [-0.15, -0.1) is 0 Å². The van der Waals surface area contributed by atoms with Crippen molar-refractivity contribution < 1.29 is 0 Å². The zero-order chi connectivity index (χ0) is 6.81. The van der Waals surface area contributed by atoms with E-state index in [9.17, 15) is 0 Å². The zero-order valence-corrected chi connectivity index (χ0v) is 6.34. The molecule has 1 fully saturated rings. The van der Waals surface area contributed by atoms with E-state index in [0.29, 0.717) is 0 Å². The van der Waals surface area contributed by atoms with Crippen LogP contribution in [0.1, 0.15) is 32.1 Å². The lowest BCUT2D eigenvalue weighted by Gasteiger charge is -2.31. The molecule has 2 unspecified atom stereocenters. The second-order valence-electron chi connectivity index (χ2n) is 3.44. The molecule has 0 spiro atoms. The van der Waals surface area contributed by atoms with Crippen LogP contribution in [-0.2, 0) is 0 Å². The van der Waals surface area contributed by atoms with E-state index < -0.39 is 0 Å². The Morgan fingerprint density at radius 2 is 2.30 bits per heavy atom. The Kier molecular flexibility index (Phi) is 1.79. The molecule has 2 atom stereocenters. The third kappa shape index (κ3) is 1.12. The van der Waals surface area contributed by atoms with Gasteiger partial charge in [0.1, 0.15) is 0 Å². The summed E-state index contributed by atoms with van der Waals surface area (Å²) in [5, 5.41) is 0. The Bertz CT molecular complexity index is 135. The zero-order valence-electron chi connectivity index (χ0n) is 6.34. The fraction of sp³-hybridized carbons (Fsp3) is 0.700. The highest BCUT2D eigenvalue weighted by molar-refractivity contribution is 4.97. The van der Waals surface area contributed by atoms with E-state index in [1.165, 1.54) is 32.1 Å². The maximum Gasteiger partial charge on any atom is -0.0199 e. The van der Waals surface area contributed by atoms with Gasteiger partial charge in [-0.25, -0.2) is 0 Å². The van der Waals surface area contributed by atoms with Crippen LogP contribution in [0, 0.1) is 24.3 Å². The monoisotopic (exact) mass is 134 g/mol. The van der Waals surface area contributed by atoms with Crippen molar-refractivity contribution in [1.82, 2.24) is 0 Å². The van der Waals surface area contributed by atoms with Gasteiger partial charge in [0.15, 0.2) is 0 Å². The minimum absolute atomic E-state index is 0.888. The van der Waals surface area contributed by atoms with E-state index in [4.69, 9.17) is 0 Å². The molecule has 0 heterocycles. The highest BCUT2D eigenvalue weighted by Crippen LogP contribution is 2.35. The van der Waals surface area contributed by atoms with Gasteiger partial charge in [-0.05, 0) is 56.4 Å². The Balaban J connectivity index is 2.03. The van der Waals surface area contributed by atoms with Crippen molar-refractivity contribution in [1.29, 1.82) is 0 Å². The van der Waals surface area contributed by atoms with Gasteiger partial charge in [0.2, 0.25) is 0 Å². The summed E-state index contributed by atoms with van der Waals surface area (Å²) in [6.07, 6.45) is 14.8. The maximum atomic E-state index is 3.35. The number of hydrogen-bond acceptors (Lipinski definition) is 0. The van der Waals surface area contributed by atoms with Crippen LogP contribution in [-0.4, -0.2) is 0 Å². The first-order valence-corrected chi connectivity index (χ1v) is 4.35. The van der Waals surface area contributed by atoms with E-state index in [2.05, 4.69) is 18.6 Å². The highest BCUT2D eigenvalue weighted by atomic mass is 14.3. The molecule has 2 aliphatic rings. The van der Waals surface area contributed by atoms with E-state index in [-0.39, 0.29) is 0 Å². The van der Waals surface area contributed by atoms with Crippen molar-refractivity contribution in [2.75, 3.05) is 0 Å². The summed E-state index contributed by atoms with van der Waals surface area (Å²) < 4.78 is 0. The summed E-state index contributed by atoms with van der Waals surface area (Å²) in [6, 6.07) is 0. The molecule has 0 N–H and O–H groups in total. The highest BCUT2D eigenvalue weighted by Gasteiger charge is 2.24. The first-order valence-electron chi connectivity index (χ1n) is 4.35. The van der Waals surface area contributed by atoms with Crippen LogP contribution in [0.15, 0.2) is 6.08 Å². The average Bonchev–Trinajstić information content (AvgIpc) is 2.05. The molecule has 0 bridgehead atoms. The molecule has 0 aliphatic heterocycles. The fourth-order valence-corrected chi connectivity index (χ4v) is 2.11. The molecule has 0 saturated heterocycles. The number of allylic oxidation sites excluding steroid dienone is 2. The van der Waals surface area contributed by atoms with E-state index >= 15 is 0 Å². The number of hydrogen-bond donors (Lipinski definition) is 0. The number of rotatable bonds is 0. The molecule has 1 saturated carbocycles. The van der Waals surface area contributed by atoms with E-state index in [0.717, 1.165) is 11.8 Å². The quantitative estimate of drug-likeness (QED) is 0.478. The molecule has 2 rings (SSSR count). The summed E-state index contributed by atoms with van der Waals surface area (Å²) in [5.41, 5.74) is 0. The van der Waals surface area contributed by atoms with Crippen LogP contribution in [0.4, 0.5) is 0 Å².